The van der Waals surface area contributed by atoms with Crippen LogP contribution in [-0.4, -0.2) is 118 Å². The third-order valence-electron chi connectivity index (χ3n) is 7.03. The molecule has 3 heterocycles. The van der Waals surface area contributed by atoms with Crippen molar-refractivity contribution in [2.24, 2.45) is 0 Å². The Bertz CT molecular complexity index is 1460. The van der Waals surface area contributed by atoms with Crippen LogP contribution in [0.1, 0.15) is 0 Å². The molecule has 0 saturated carbocycles. The second-order valence-corrected chi connectivity index (χ2v) is 9.64. The van der Waals surface area contributed by atoms with Crippen LogP contribution in [0, 0.1) is 0 Å². The van der Waals surface area contributed by atoms with Crippen molar-refractivity contribution in [3.05, 3.63) is 34.5 Å². The molecule has 5 rings (SSSR count). The summed E-state index contributed by atoms with van der Waals surface area (Å²) in [6.07, 6.45) is -14.2. The van der Waals surface area contributed by atoms with Crippen LogP contribution in [0.5, 0.6) is 23.0 Å². The molecule has 3 aromatic rings. The minimum absolute atomic E-state index is 0.0129. The van der Waals surface area contributed by atoms with E-state index in [1.807, 2.05) is 0 Å². The zero-order chi connectivity index (χ0) is 29.6. The summed E-state index contributed by atoms with van der Waals surface area (Å²) in [4.78, 5) is 13.7. The zero-order valence-corrected chi connectivity index (χ0v) is 21.8. The molecule has 0 unspecified atom stereocenters. The van der Waals surface area contributed by atoms with Gasteiger partial charge < -0.3 is 68.6 Å². The van der Waals surface area contributed by atoms with Gasteiger partial charge >= 0.3 is 0 Å². The molecular weight excluding hydrogens is 552 g/mol. The summed E-state index contributed by atoms with van der Waals surface area (Å²) >= 11 is 0. The molecule has 2 fully saturated rings. The Morgan fingerprint density at radius 1 is 0.829 bits per heavy atom. The average molecular weight is 583 g/mol. The van der Waals surface area contributed by atoms with Gasteiger partial charge in [-0.15, -0.1) is 0 Å². The zero-order valence-electron chi connectivity index (χ0n) is 21.8. The van der Waals surface area contributed by atoms with Gasteiger partial charge in [0.15, 0.2) is 17.8 Å². The highest BCUT2D eigenvalue weighted by Gasteiger charge is 2.47. The molecule has 0 amide bonds. The monoisotopic (exact) mass is 582 g/mol. The van der Waals surface area contributed by atoms with Crippen molar-refractivity contribution in [3.8, 4) is 23.0 Å². The molecule has 0 bridgehead atoms. The first-order valence-corrected chi connectivity index (χ1v) is 12.5. The fourth-order valence-corrected chi connectivity index (χ4v) is 4.79. The maximum Gasteiger partial charge on any atom is 0.229 e. The van der Waals surface area contributed by atoms with Crippen LogP contribution in [0.15, 0.2) is 33.5 Å². The topological polar surface area (TPSA) is 227 Å². The molecule has 41 heavy (non-hydrogen) atoms. The van der Waals surface area contributed by atoms with Crippen LogP contribution in [-0.2, 0) is 14.2 Å². The van der Waals surface area contributed by atoms with Gasteiger partial charge in [-0.25, -0.2) is 0 Å². The number of aromatic hydroxyl groups is 1. The molecule has 0 spiro atoms. The third-order valence-corrected chi connectivity index (χ3v) is 7.03. The highest BCUT2D eigenvalue weighted by Crippen LogP contribution is 2.39. The van der Waals surface area contributed by atoms with E-state index in [1.165, 1.54) is 38.5 Å². The number of hydrogen-bond donors (Lipinski definition) is 7. The van der Waals surface area contributed by atoms with Gasteiger partial charge in [0.25, 0.3) is 0 Å². The summed E-state index contributed by atoms with van der Waals surface area (Å²) < 4.78 is 38.6. The van der Waals surface area contributed by atoms with E-state index >= 15 is 0 Å². The third kappa shape index (κ3) is 5.27. The Hall–Kier alpha value is -3.25. The molecule has 15 heteroatoms. The van der Waals surface area contributed by atoms with Crippen LogP contribution in [0.3, 0.4) is 0 Å². The Morgan fingerprint density at radius 3 is 2.24 bits per heavy atom. The molecule has 9 atom stereocenters. The van der Waals surface area contributed by atoms with Gasteiger partial charge in [0, 0.05) is 12.1 Å². The summed E-state index contributed by atoms with van der Waals surface area (Å²) in [6, 6.07) is 5.34. The van der Waals surface area contributed by atoms with Gasteiger partial charge in [-0.3, -0.25) is 4.79 Å². The van der Waals surface area contributed by atoms with E-state index in [9.17, 15) is 40.5 Å². The van der Waals surface area contributed by atoms with Crippen LogP contribution in [0.2, 0.25) is 0 Å². The lowest BCUT2D eigenvalue weighted by Crippen LogP contribution is -2.61. The number of aliphatic hydroxyl groups excluding tert-OH is 6. The van der Waals surface area contributed by atoms with Crippen molar-refractivity contribution in [2.75, 3.05) is 27.4 Å². The van der Waals surface area contributed by atoms with Gasteiger partial charge in [-0.2, -0.15) is 0 Å². The van der Waals surface area contributed by atoms with Crippen LogP contribution < -0.4 is 19.6 Å². The number of phenols is 1. The fraction of sp³-hybridized carbons (Fsp3) is 0.500. The van der Waals surface area contributed by atoms with Crippen molar-refractivity contribution in [2.45, 2.75) is 55.3 Å². The molecule has 2 aromatic carbocycles. The molecule has 1 aromatic heterocycles. The number of benzene rings is 2. The summed E-state index contributed by atoms with van der Waals surface area (Å²) in [6.45, 7) is -0.831. The first-order valence-electron chi connectivity index (χ1n) is 12.5. The van der Waals surface area contributed by atoms with Crippen LogP contribution >= 0.6 is 0 Å². The number of rotatable bonds is 7. The largest absolute Gasteiger partial charge is 0.508 e. The van der Waals surface area contributed by atoms with Crippen molar-refractivity contribution >= 4 is 21.9 Å². The predicted molar refractivity (Wildman–Crippen MR) is 136 cm³/mol. The van der Waals surface area contributed by atoms with Gasteiger partial charge in [0.05, 0.1) is 27.4 Å². The highest BCUT2D eigenvalue weighted by atomic mass is 16.7. The number of fused-ring (bicyclic) bond motifs is 2. The average Bonchev–Trinajstić information content (AvgIpc) is 2.95. The lowest BCUT2D eigenvalue weighted by molar-refractivity contribution is -0.307. The minimum Gasteiger partial charge on any atom is -0.508 e. The van der Waals surface area contributed by atoms with Crippen molar-refractivity contribution in [1.82, 2.24) is 0 Å². The maximum atomic E-state index is 13.7. The van der Waals surface area contributed by atoms with Gasteiger partial charge in [0.1, 0.15) is 76.2 Å². The molecule has 0 radical (unpaired) electrons. The van der Waals surface area contributed by atoms with Crippen molar-refractivity contribution in [3.63, 3.8) is 0 Å². The Labute approximate surface area is 231 Å². The molecule has 15 nitrogen and oxygen atoms in total. The maximum absolute atomic E-state index is 13.7. The fourth-order valence-electron chi connectivity index (χ4n) is 4.79. The van der Waals surface area contributed by atoms with E-state index in [2.05, 4.69) is 0 Å². The summed E-state index contributed by atoms with van der Waals surface area (Å²) in [7, 11) is 2.62. The molecule has 224 valence electrons. The predicted octanol–water partition coefficient (Wildman–Crippen LogP) is -1.69. The number of hydrogen-bond acceptors (Lipinski definition) is 15. The standard InChI is InChI=1S/C26H30O15/c1-35-12-4-3-11-17(20(31)16-13(36-2)5-9(27)6-14(16)39-11)24(12)41-26-23(34)21(32)19(30)15(40-26)8-38-25-22(33)18(29)10(28)7-37-25/h3-6,10,15,18-19,21-23,25-30,32-34H,7-8H2,1-2H3/t10-,15-,18+,19-,21+,22-,23-,25+,26+/m1/s1. The van der Waals surface area contributed by atoms with Gasteiger partial charge in [-0.1, -0.05) is 0 Å². The van der Waals surface area contributed by atoms with E-state index in [0.717, 1.165) is 0 Å². The Morgan fingerprint density at radius 2 is 1.54 bits per heavy atom. The van der Waals surface area contributed by atoms with Crippen molar-refractivity contribution < 1.29 is 68.6 Å². The van der Waals surface area contributed by atoms with Crippen molar-refractivity contribution in [1.29, 1.82) is 0 Å². The summed E-state index contributed by atoms with van der Waals surface area (Å²) in [5.74, 6) is -0.347. The number of methoxy groups -OCH3 is 2. The second kappa shape index (κ2) is 11.6. The Balaban J connectivity index is 1.47. The number of ether oxygens (including phenoxy) is 6. The molecule has 2 saturated heterocycles. The summed E-state index contributed by atoms with van der Waals surface area (Å²) in [5.41, 5.74) is -0.562. The lowest BCUT2D eigenvalue weighted by atomic mass is 9.99. The lowest BCUT2D eigenvalue weighted by Gasteiger charge is -2.41. The summed E-state index contributed by atoms with van der Waals surface area (Å²) in [5, 5.41) is 71.2. The van der Waals surface area contributed by atoms with E-state index in [0.29, 0.717) is 0 Å². The molecule has 2 aliphatic heterocycles. The Kier molecular flexibility index (Phi) is 8.24. The second-order valence-electron chi connectivity index (χ2n) is 9.64. The smallest absolute Gasteiger partial charge is 0.229 e. The highest BCUT2D eigenvalue weighted by molar-refractivity contribution is 5.97. The number of phenolic OH excluding ortho intramolecular Hbond substituents is 1. The first kappa shape index (κ1) is 29.2. The van der Waals surface area contributed by atoms with E-state index in [-0.39, 0.29) is 51.5 Å². The van der Waals surface area contributed by atoms with Gasteiger partial charge in [-0.05, 0) is 12.1 Å². The molecule has 0 aliphatic carbocycles. The molecular formula is C26H30O15. The van der Waals surface area contributed by atoms with Crippen LogP contribution in [0.4, 0.5) is 0 Å². The van der Waals surface area contributed by atoms with Gasteiger partial charge in [0.2, 0.25) is 11.7 Å². The quantitative estimate of drug-likeness (QED) is 0.154. The van der Waals surface area contributed by atoms with E-state index < -0.39 is 67.3 Å². The van der Waals surface area contributed by atoms with E-state index in [4.69, 9.17) is 32.8 Å². The number of aliphatic hydroxyl groups is 6. The first-order chi connectivity index (χ1) is 19.5. The molecule has 7 N–H and O–H groups in total. The SMILES string of the molecule is COc1ccc2oc3cc(O)cc(OC)c3c(=O)c2c1O[C@@H]1O[C@H](CO[C@@H]2OC[C@@H](O)[C@H](O)[C@H]2O)[C@@H](O)[C@H](O)[C@H]1O. The van der Waals surface area contributed by atoms with E-state index in [1.54, 1.807) is 0 Å². The molecule has 2 aliphatic rings. The minimum atomic E-state index is -1.81. The van der Waals surface area contributed by atoms with Crippen LogP contribution in [0.25, 0.3) is 21.9 Å². The normalized spacial score (nSPS) is 32.2.